The van der Waals surface area contributed by atoms with Crippen molar-refractivity contribution in [2.75, 3.05) is 0 Å². The summed E-state index contributed by atoms with van der Waals surface area (Å²) in [6.07, 6.45) is 1.17. The maximum Gasteiger partial charge on any atom is 0.179 e. The summed E-state index contributed by atoms with van der Waals surface area (Å²) >= 11 is 9.39. The quantitative estimate of drug-likeness (QED) is 0.574. The van der Waals surface area contributed by atoms with Gasteiger partial charge in [-0.2, -0.15) is 0 Å². The fourth-order valence-corrected chi connectivity index (χ4v) is 4.10. The molecule has 1 heterocycles. The average Bonchev–Trinajstić information content (AvgIpc) is 3.02. The van der Waals surface area contributed by atoms with Gasteiger partial charge in [-0.1, -0.05) is 23.7 Å². The SMILES string of the molecule is O=C1CCc2c1n(Cc1ccc(Cl)cc1)c1c(Br)cc(F)cc21. The maximum atomic E-state index is 13.8. The molecule has 0 N–H and O–H groups in total. The predicted molar refractivity (Wildman–Crippen MR) is 92.8 cm³/mol. The Bertz CT molecular complexity index is 946. The van der Waals surface area contributed by atoms with E-state index in [9.17, 15) is 9.18 Å². The van der Waals surface area contributed by atoms with Crippen LogP contribution in [0.15, 0.2) is 40.9 Å². The number of hydrogen-bond donors (Lipinski definition) is 0. The van der Waals surface area contributed by atoms with Gasteiger partial charge >= 0.3 is 0 Å². The Morgan fingerprint density at radius 1 is 1.17 bits per heavy atom. The molecular formula is C18H12BrClFNO. The van der Waals surface area contributed by atoms with Crippen molar-refractivity contribution in [1.82, 2.24) is 4.57 Å². The lowest BCUT2D eigenvalue weighted by atomic mass is 10.1. The van der Waals surface area contributed by atoms with E-state index in [1.54, 1.807) is 0 Å². The van der Waals surface area contributed by atoms with Crippen molar-refractivity contribution in [3.05, 3.63) is 68.5 Å². The molecule has 0 radical (unpaired) electrons. The number of nitrogens with zero attached hydrogens (tertiary/aromatic N) is 1. The second kappa shape index (κ2) is 5.46. The summed E-state index contributed by atoms with van der Waals surface area (Å²) in [7, 11) is 0. The number of aryl methyl sites for hydroxylation is 1. The molecule has 0 unspecified atom stereocenters. The molecule has 5 heteroatoms. The zero-order chi connectivity index (χ0) is 16.1. The highest BCUT2D eigenvalue weighted by atomic mass is 79.9. The Kier molecular flexibility index (Phi) is 3.54. The number of rotatable bonds is 2. The zero-order valence-corrected chi connectivity index (χ0v) is 14.4. The van der Waals surface area contributed by atoms with Gasteiger partial charge in [0.05, 0.1) is 11.2 Å². The lowest BCUT2D eigenvalue weighted by Gasteiger charge is -2.10. The highest BCUT2D eigenvalue weighted by Crippen LogP contribution is 2.37. The summed E-state index contributed by atoms with van der Waals surface area (Å²) in [5.74, 6) is -0.173. The van der Waals surface area contributed by atoms with Crippen LogP contribution in [0.25, 0.3) is 10.9 Å². The molecule has 2 aromatic carbocycles. The highest BCUT2D eigenvalue weighted by Gasteiger charge is 2.29. The van der Waals surface area contributed by atoms with E-state index in [0.717, 1.165) is 22.0 Å². The molecule has 2 nitrogen and oxygen atoms in total. The molecule has 0 fully saturated rings. The van der Waals surface area contributed by atoms with Crippen LogP contribution in [0.1, 0.15) is 28.0 Å². The molecule has 3 aromatic rings. The summed E-state index contributed by atoms with van der Waals surface area (Å²) in [6, 6.07) is 10.5. The van der Waals surface area contributed by atoms with Gasteiger partial charge < -0.3 is 4.57 Å². The van der Waals surface area contributed by atoms with Crippen molar-refractivity contribution in [2.24, 2.45) is 0 Å². The first-order valence-electron chi connectivity index (χ1n) is 7.32. The zero-order valence-electron chi connectivity index (χ0n) is 12.1. The van der Waals surface area contributed by atoms with Crippen LogP contribution in [0.4, 0.5) is 4.39 Å². The van der Waals surface area contributed by atoms with Gasteiger partial charge in [-0.25, -0.2) is 4.39 Å². The molecule has 1 aromatic heterocycles. The summed E-state index contributed by atoms with van der Waals surface area (Å²) < 4.78 is 16.5. The van der Waals surface area contributed by atoms with Gasteiger partial charge in [0.2, 0.25) is 0 Å². The maximum absolute atomic E-state index is 13.8. The molecule has 0 aliphatic heterocycles. The fourth-order valence-electron chi connectivity index (χ4n) is 3.33. The normalized spacial score (nSPS) is 13.8. The standard InChI is InChI=1S/C18H12BrClFNO/c19-15-8-12(21)7-14-13-5-6-16(23)18(13)22(17(14)15)9-10-1-3-11(20)4-2-10/h1-4,7-8H,5-6,9H2. The van der Waals surface area contributed by atoms with Gasteiger partial charge in [-0.05, 0) is 57.7 Å². The number of fused-ring (bicyclic) bond motifs is 3. The number of carbonyl (C=O) groups is 1. The number of hydrogen-bond acceptors (Lipinski definition) is 1. The van der Waals surface area contributed by atoms with Crippen molar-refractivity contribution < 1.29 is 9.18 Å². The molecule has 4 rings (SSSR count). The van der Waals surface area contributed by atoms with Gasteiger partial charge in [0.1, 0.15) is 5.82 Å². The smallest absolute Gasteiger partial charge is 0.179 e. The Morgan fingerprint density at radius 3 is 2.65 bits per heavy atom. The summed E-state index contributed by atoms with van der Waals surface area (Å²) in [6.45, 7) is 0.555. The van der Waals surface area contributed by atoms with Crippen LogP contribution in [-0.2, 0) is 13.0 Å². The van der Waals surface area contributed by atoms with E-state index in [1.807, 2.05) is 28.8 Å². The molecule has 0 spiro atoms. The minimum Gasteiger partial charge on any atom is -0.332 e. The van der Waals surface area contributed by atoms with E-state index >= 15 is 0 Å². The average molecular weight is 393 g/mol. The van der Waals surface area contributed by atoms with Crippen LogP contribution in [0.5, 0.6) is 0 Å². The van der Waals surface area contributed by atoms with Crippen LogP contribution in [0.2, 0.25) is 5.02 Å². The van der Waals surface area contributed by atoms with Crippen molar-refractivity contribution >= 4 is 44.2 Å². The van der Waals surface area contributed by atoms with Crippen LogP contribution < -0.4 is 0 Å². The van der Waals surface area contributed by atoms with Gasteiger partial charge in [-0.15, -0.1) is 0 Å². The van der Waals surface area contributed by atoms with Gasteiger partial charge in [0.25, 0.3) is 0 Å². The third-order valence-corrected chi connectivity index (χ3v) is 5.16. The van der Waals surface area contributed by atoms with E-state index in [2.05, 4.69) is 15.9 Å². The number of Topliss-reactive ketones (excluding diaryl/α,β-unsaturated/α-hetero) is 1. The van der Waals surface area contributed by atoms with Crippen LogP contribution in [0, 0.1) is 5.82 Å². The Labute approximate surface area is 146 Å². The molecule has 0 saturated heterocycles. The first-order chi connectivity index (χ1) is 11.0. The summed E-state index contributed by atoms with van der Waals surface area (Å²) in [5, 5.41) is 1.50. The van der Waals surface area contributed by atoms with Gasteiger partial charge in [-0.3, -0.25) is 4.79 Å². The Hall–Kier alpha value is -1.65. The molecule has 1 aliphatic carbocycles. The molecule has 0 atom stereocenters. The minimum atomic E-state index is -0.296. The van der Waals surface area contributed by atoms with Crippen molar-refractivity contribution in [2.45, 2.75) is 19.4 Å². The molecule has 0 amide bonds. The van der Waals surface area contributed by atoms with Crippen molar-refractivity contribution in [3.63, 3.8) is 0 Å². The minimum absolute atomic E-state index is 0.123. The van der Waals surface area contributed by atoms with E-state index in [1.165, 1.54) is 12.1 Å². The third-order valence-electron chi connectivity index (χ3n) is 4.30. The summed E-state index contributed by atoms with van der Waals surface area (Å²) in [4.78, 5) is 12.3. The molecular weight excluding hydrogens is 381 g/mol. The molecule has 23 heavy (non-hydrogen) atoms. The molecule has 1 aliphatic rings. The van der Waals surface area contributed by atoms with Gasteiger partial charge in [0.15, 0.2) is 5.78 Å². The highest BCUT2D eigenvalue weighted by molar-refractivity contribution is 9.10. The number of aromatic nitrogens is 1. The van der Waals surface area contributed by atoms with E-state index in [-0.39, 0.29) is 11.6 Å². The fraction of sp³-hybridized carbons (Fsp3) is 0.167. The second-order valence-corrected chi connectivity index (χ2v) is 7.04. The van der Waals surface area contributed by atoms with Crippen molar-refractivity contribution in [3.8, 4) is 0 Å². The lowest BCUT2D eigenvalue weighted by molar-refractivity contribution is 0.0987. The van der Waals surface area contributed by atoms with E-state index < -0.39 is 0 Å². The first-order valence-corrected chi connectivity index (χ1v) is 8.49. The van der Waals surface area contributed by atoms with Gasteiger partial charge in [0, 0.05) is 27.8 Å². The number of benzene rings is 2. The van der Waals surface area contributed by atoms with Crippen LogP contribution >= 0.6 is 27.5 Å². The van der Waals surface area contributed by atoms with Crippen LogP contribution in [0.3, 0.4) is 0 Å². The second-order valence-electron chi connectivity index (χ2n) is 5.75. The number of carbonyl (C=O) groups excluding carboxylic acids is 1. The van der Waals surface area contributed by atoms with Crippen LogP contribution in [-0.4, -0.2) is 10.4 Å². The topological polar surface area (TPSA) is 22.0 Å². The predicted octanol–water partition coefficient (Wildman–Crippen LogP) is 5.37. The molecule has 0 bridgehead atoms. The Morgan fingerprint density at radius 2 is 1.91 bits per heavy atom. The van der Waals surface area contributed by atoms with E-state index in [0.29, 0.717) is 34.6 Å². The van der Waals surface area contributed by atoms with E-state index in [4.69, 9.17) is 11.6 Å². The monoisotopic (exact) mass is 391 g/mol. The lowest BCUT2D eigenvalue weighted by Crippen LogP contribution is -2.08. The number of halogens is 3. The Balaban J connectivity index is 1.96. The largest absolute Gasteiger partial charge is 0.332 e. The first kappa shape index (κ1) is 14.9. The molecule has 116 valence electrons. The third kappa shape index (κ3) is 2.41. The molecule has 0 saturated carbocycles. The van der Waals surface area contributed by atoms with Crippen molar-refractivity contribution in [1.29, 1.82) is 0 Å². The summed E-state index contributed by atoms with van der Waals surface area (Å²) in [5.41, 5.74) is 3.59. The number of ketones is 1.